The molecule has 3 heteroatoms. The molecule has 0 amide bonds. The maximum Gasteiger partial charge on any atom is 0.330 e. The lowest BCUT2D eigenvalue weighted by Crippen LogP contribution is -1.97. The van der Waals surface area contributed by atoms with Crippen molar-refractivity contribution in [2.45, 2.75) is 6.92 Å². The molecular formula is C6H13NO2. The van der Waals surface area contributed by atoms with E-state index in [9.17, 15) is 4.79 Å². The van der Waals surface area contributed by atoms with Crippen LogP contribution in [0, 0.1) is 0 Å². The van der Waals surface area contributed by atoms with E-state index in [-0.39, 0.29) is 5.97 Å². The van der Waals surface area contributed by atoms with Crippen molar-refractivity contribution in [2.75, 3.05) is 13.7 Å². The zero-order valence-electron chi connectivity index (χ0n) is 5.89. The summed E-state index contributed by atoms with van der Waals surface area (Å²) in [4.78, 5) is 10.1. The van der Waals surface area contributed by atoms with Crippen molar-refractivity contribution in [3.05, 3.63) is 12.7 Å². The number of ether oxygens (including phenoxy) is 1. The van der Waals surface area contributed by atoms with Gasteiger partial charge in [-0.3, -0.25) is 0 Å². The van der Waals surface area contributed by atoms with Gasteiger partial charge in [0.15, 0.2) is 0 Å². The topological polar surface area (TPSA) is 52.3 Å². The summed E-state index contributed by atoms with van der Waals surface area (Å²) in [5.74, 6) is -0.359. The molecule has 0 unspecified atom stereocenters. The number of rotatable bonds is 2. The lowest BCUT2D eigenvalue weighted by Gasteiger charge is -1.90. The molecule has 0 aliphatic carbocycles. The number of carbonyl (C=O) groups is 1. The van der Waals surface area contributed by atoms with Gasteiger partial charge in [-0.05, 0) is 14.0 Å². The molecule has 0 fully saturated rings. The van der Waals surface area contributed by atoms with Crippen LogP contribution in [0.1, 0.15) is 6.92 Å². The van der Waals surface area contributed by atoms with Crippen LogP contribution in [-0.4, -0.2) is 19.6 Å². The van der Waals surface area contributed by atoms with Crippen molar-refractivity contribution in [1.29, 1.82) is 0 Å². The van der Waals surface area contributed by atoms with Crippen LogP contribution < -0.4 is 5.73 Å². The first kappa shape index (κ1) is 11.0. The Kier molecular flexibility index (Phi) is 12.5. The number of esters is 1. The zero-order chi connectivity index (χ0) is 7.70. The van der Waals surface area contributed by atoms with Crippen LogP contribution in [0.2, 0.25) is 0 Å². The van der Waals surface area contributed by atoms with Crippen molar-refractivity contribution in [3.8, 4) is 0 Å². The smallest absolute Gasteiger partial charge is 0.330 e. The molecule has 0 radical (unpaired) electrons. The largest absolute Gasteiger partial charge is 0.463 e. The Morgan fingerprint density at radius 2 is 2.22 bits per heavy atom. The first-order valence-corrected chi connectivity index (χ1v) is 2.68. The number of carbonyl (C=O) groups excluding carboxylic acids is 1. The average Bonchev–Trinajstić information content (AvgIpc) is 1.93. The second-order valence-corrected chi connectivity index (χ2v) is 0.956. The fourth-order valence-corrected chi connectivity index (χ4v) is 0.201. The van der Waals surface area contributed by atoms with Crippen LogP contribution in [0.25, 0.3) is 0 Å². The van der Waals surface area contributed by atoms with Crippen molar-refractivity contribution in [1.82, 2.24) is 0 Å². The van der Waals surface area contributed by atoms with Gasteiger partial charge in [-0.1, -0.05) is 6.58 Å². The Hall–Kier alpha value is -0.830. The van der Waals surface area contributed by atoms with Gasteiger partial charge in [0.1, 0.15) is 0 Å². The summed E-state index contributed by atoms with van der Waals surface area (Å²) in [6.45, 7) is 5.38. The molecule has 0 atom stereocenters. The molecule has 0 aromatic carbocycles. The average molecular weight is 131 g/mol. The highest BCUT2D eigenvalue weighted by molar-refractivity contribution is 5.81. The summed E-state index contributed by atoms with van der Waals surface area (Å²) in [5.41, 5.74) is 4.50. The van der Waals surface area contributed by atoms with E-state index >= 15 is 0 Å². The van der Waals surface area contributed by atoms with Gasteiger partial charge in [0.25, 0.3) is 0 Å². The van der Waals surface area contributed by atoms with Crippen LogP contribution in [0.3, 0.4) is 0 Å². The molecule has 9 heavy (non-hydrogen) atoms. The standard InChI is InChI=1S/C5H8O2.CH5N/c1-3-5(6)7-4-2;1-2/h3H,1,4H2,2H3;2H2,1H3. The fourth-order valence-electron chi connectivity index (χ4n) is 0.201. The zero-order valence-corrected chi connectivity index (χ0v) is 5.89. The second-order valence-electron chi connectivity index (χ2n) is 0.956. The van der Waals surface area contributed by atoms with E-state index in [0.29, 0.717) is 6.61 Å². The molecular weight excluding hydrogens is 118 g/mol. The van der Waals surface area contributed by atoms with Gasteiger partial charge in [0.2, 0.25) is 0 Å². The van der Waals surface area contributed by atoms with E-state index < -0.39 is 0 Å². The Balaban J connectivity index is 0. The van der Waals surface area contributed by atoms with E-state index in [2.05, 4.69) is 17.0 Å². The molecule has 0 heterocycles. The Morgan fingerprint density at radius 3 is 2.33 bits per heavy atom. The van der Waals surface area contributed by atoms with E-state index in [1.807, 2.05) is 0 Å². The van der Waals surface area contributed by atoms with Crippen molar-refractivity contribution >= 4 is 5.97 Å². The minimum Gasteiger partial charge on any atom is -0.463 e. The first-order chi connectivity index (χ1) is 4.31. The number of hydrogen-bond donors (Lipinski definition) is 1. The highest BCUT2D eigenvalue weighted by atomic mass is 16.5. The molecule has 0 rings (SSSR count). The van der Waals surface area contributed by atoms with Gasteiger partial charge < -0.3 is 10.5 Å². The van der Waals surface area contributed by atoms with Crippen molar-refractivity contribution < 1.29 is 9.53 Å². The van der Waals surface area contributed by atoms with E-state index in [1.54, 1.807) is 6.92 Å². The Bertz CT molecular complexity index is 81.1. The summed E-state index contributed by atoms with van der Waals surface area (Å²) in [5, 5.41) is 0. The predicted octanol–water partition coefficient (Wildman–Crippen LogP) is 0.310. The maximum absolute atomic E-state index is 10.1. The molecule has 0 saturated heterocycles. The Morgan fingerprint density at radius 1 is 1.78 bits per heavy atom. The maximum atomic E-state index is 10.1. The molecule has 2 N–H and O–H groups in total. The van der Waals surface area contributed by atoms with Gasteiger partial charge in [-0.2, -0.15) is 0 Å². The molecule has 0 aliphatic rings. The quantitative estimate of drug-likeness (QED) is 0.433. The molecule has 0 aliphatic heterocycles. The highest BCUT2D eigenvalue weighted by Gasteiger charge is 1.86. The number of hydrogen-bond acceptors (Lipinski definition) is 3. The normalized spacial score (nSPS) is 6.56. The van der Waals surface area contributed by atoms with Crippen LogP contribution in [0.15, 0.2) is 12.7 Å². The Labute approximate surface area is 55.5 Å². The third-order valence-corrected chi connectivity index (χ3v) is 0.453. The third kappa shape index (κ3) is 11.0. The molecule has 0 aromatic heterocycles. The second kappa shape index (κ2) is 10.2. The lowest BCUT2D eigenvalue weighted by molar-refractivity contribution is -0.137. The van der Waals surface area contributed by atoms with Crippen LogP contribution in [-0.2, 0) is 9.53 Å². The minimum atomic E-state index is -0.359. The molecule has 0 saturated carbocycles. The predicted molar refractivity (Wildman–Crippen MR) is 36.9 cm³/mol. The molecule has 0 aromatic rings. The summed E-state index contributed by atoms with van der Waals surface area (Å²) >= 11 is 0. The highest BCUT2D eigenvalue weighted by Crippen LogP contribution is 1.74. The number of nitrogens with two attached hydrogens (primary N) is 1. The van der Waals surface area contributed by atoms with Crippen molar-refractivity contribution in [2.24, 2.45) is 5.73 Å². The molecule has 54 valence electrons. The first-order valence-electron chi connectivity index (χ1n) is 2.68. The summed E-state index contributed by atoms with van der Waals surface area (Å²) in [7, 11) is 1.50. The fraction of sp³-hybridized carbons (Fsp3) is 0.500. The summed E-state index contributed by atoms with van der Waals surface area (Å²) in [6, 6.07) is 0. The van der Waals surface area contributed by atoms with Gasteiger partial charge in [-0.25, -0.2) is 4.79 Å². The van der Waals surface area contributed by atoms with Gasteiger partial charge in [-0.15, -0.1) is 0 Å². The monoisotopic (exact) mass is 131 g/mol. The van der Waals surface area contributed by atoms with E-state index in [4.69, 9.17) is 0 Å². The summed E-state index contributed by atoms with van der Waals surface area (Å²) < 4.78 is 4.43. The third-order valence-electron chi connectivity index (χ3n) is 0.453. The molecule has 3 nitrogen and oxygen atoms in total. The molecule has 0 bridgehead atoms. The summed E-state index contributed by atoms with van der Waals surface area (Å²) in [6.07, 6.45) is 1.14. The molecule has 0 spiro atoms. The van der Waals surface area contributed by atoms with E-state index in [0.717, 1.165) is 6.08 Å². The van der Waals surface area contributed by atoms with Crippen molar-refractivity contribution in [3.63, 3.8) is 0 Å². The van der Waals surface area contributed by atoms with Gasteiger partial charge in [0, 0.05) is 6.08 Å². The van der Waals surface area contributed by atoms with Crippen LogP contribution in [0.5, 0.6) is 0 Å². The van der Waals surface area contributed by atoms with E-state index in [1.165, 1.54) is 7.05 Å². The van der Waals surface area contributed by atoms with Crippen LogP contribution >= 0.6 is 0 Å². The minimum absolute atomic E-state index is 0.359. The SMILES string of the molecule is C=CC(=O)OCC.CN. The van der Waals surface area contributed by atoms with Gasteiger partial charge >= 0.3 is 5.97 Å². The lowest BCUT2D eigenvalue weighted by atomic mass is 10.6. The van der Waals surface area contributed by atoms with Crippen LogP contribution in [0.4, 0.5) is 0 Å². The van der Waals surface area contributed by atoms with Gasteiger partial charge in [0.05, 0.1) is 6.61 Å².